The Bertz CT molecular complexity index is 542. The van der Waals surface area contributed by atoms with Crippen LogP contribution in [0.15, 0.2) is 29.3 Å². The van der Waals surface area contributed by atoms with E-state index in [1.807, 2.05) is 31.2 Å². The SMILES string of the molecule is CCc1ccccc1NC(=O)C[C@H]1SC(N)=NC1=O. The summed E-state index contributed by atoms with van der Waals surface area (Å²) in [5.41, 5.74) is 7.31. The maximum Gasteiger partial charge on any atom is 0.262 e. The second-order valence-electron chi connectivity index (χ2n) is 4.16. The topological polar surface area (TPSA) is 84.6 Å². The lowest BCUT2D eigenvalue weighted by Gasteiger charge is -2.11. The Balaban J connectivity index is 1.97. The smallest absolute Gasteiger partial charge is 0.262 e. The third-order valence-electron chi connectivity index (χ3n) is 2.80. The van der Waals surface area contributed by atoms with Crippen molar-refractivity contribution in [2.75, 3.05) is 5.32 Å². The number of nitrogens with zero attached hydrogens (tertiary/aromatic N) is 1. The molecule has 0 aromatic heterocycles. The Morgan fingerprint density at radius 2 is 2.21 bits per heavy atom. The molecule has 0 fully saturated rings. The molecule has 6 heteroatoms. The molecular weight excluding hydrogens is 262 g/mol. The van der Waals surface area contributed by atoms with E-state index in [9.17, 15) is 9.59 Å². The molecule has 2 rings (SSSR count). The molecule has 3 N–H and O–H groups in total. The molecule has 0 aliphatic carbocycles. The molecule has 1 aromatic rings. The number of anilines is 1. The van der Waals surface area contributed by atoms with Crippen molar-refractivity contribution in [3.63, 3.8) is 0 Å². The first-order chi connectivity index (χ1) is 9.10. The molecule has 100 valence electrons. The normalized spacial score (nSPS) is 18.3. The van der Waals surface area contributed by atoms with Crippen molar-refractivity contribution in [2.45, 2.75) is 25.0 Å². The van der Waals surface area contributed by atoms with Gasteiger partial charge >= 0.3 is 0 Å². The summed E-state index contributed by atoms with van der Waals surface area (Å²) in [7, 11) is 0. The molecule has 1 aromatic carbocycles. The Kier molecular flexibility index (Phi) is 4.21. The van der Waals surface area contributed by atoms with E-state index in [1.165, 1.54) is 0 Å². The van der Waals surface area contributed by atoms with Gasteiger partial charge in [0.05, 0.1) is 0 Å². The molecule has 0 saturated carbocycles. The van der Waals surface area contributed by atoms with Crippen molar-refractivity contribution in [1.29, 1.82) is 0 Å². The Morgan fingerprint density at radius 3 is 2.84 bits per heavy atom. The Labute approximate surface area is 115 Å². The molecule has 1 atom stereocenters. The first-order valence-electron chi connectivity index (χ1n) is 6.02. The Hall–Kier alpha value is -1.82. The van der Waals surface area contributed by atoms with Crippen LogP contribution in [-0.2, 0) is 16.0 Å². The van der Waals surface area contributed by atoms with Gasteiger partial charge in [0.2, 0.25) is 5.91 Å². The van der Waals surface area contributed by atoms with E-state index in [1.54, 1.807) is 0 Å². The van der Waals surface area contributed by atoms with Crippen molar-refractivity contribution in [3.8, 4) is 0 Å². The fraction of sp³-hybridized carbons (Fsp3) is 0.308. The number of para-hydroxylation sites is 1. The minimum absolute atomic E-state index is 0.0890. The van der Waals surface area contributed by atoms with Gasteiger partial charge in [-0.1, -0.05) is 36.9 Å². The summed E-state index contributed by atoms with van der Waals surface area (Å²) in [5.74, 6) is -0.530. The summed E-state index contributed by atoms with van der Waals surface area (Å²) in [4.78, 5) is 27.0. The number of rotatable bonds is 4. The van der Waals surface area contributed by atoms with Gasteiger partial charge in [-0.3, -0.25) is 9.59 Å². The van der Waals surface area contributed by atoms with E-state index >= 15 is 0 Å². The first-order valence-corrected chi connectivity index (χ1v) is 6.90. The largest absolute Gasteiger partial charge is 0.378 e. The average molecular weight is 277 g/mol. The predicted octanol–water partition coefficient (Wildman–Crippen LogP) is 1.53. The molecule has 0 bridgehead atoms. The number of hydrogen-bond acceptors (Lipinski definition) is 4. The van der Waals surface area contributed by atoms with Crippen molar-refractivity contribution >= 4 is 34.4 Å². The van der Waals surface area contributed by atoms with E-state index in [0.29, 0.717) is 0 Å². The first kappa shape index (κ1) is 13.6. The summed E-state index contributed by atoms with van der Waals surface area (Å²) in [6.07, 6.45) is 0.926. The summed E-state index contributed by atoms with van der Waals surface area (Å²) in [5, 5.41) is 2.57. The molecule has 5 nitrogen and oxygen atoms in total. The number of carbonyl (C=O) groups excluding carboxylic acids is 2. The molecule has 1 heterocycles. The number of nitrogens with two attached hydrogens (primary N) is 1. The second kappa shape index (κ2) is 5.88. The van der Waals surface area contributed by atoms with Crippen molar-refractivity contribution < 1.29 is 9.59 Å². The van der Waals surface area contributed by atoms with Crippen molar-refractivity contribution in [1.82, 2.24) is 0 Å². The number of carbonyl (C=O) groups is 2. The highest BCUT2D eigenvalue weighted by molar-refractivity contribution is 8.15. The monoisotopic (exact) mass is 277 g/mol. The highest BCUT2D eigenvalue weighted by Crippen LogP contribution is 2.23. The number of amidine groups is 1. The molecule has 0 saturated heterocycles. The standard InChI is InChI=1S/C13H15N3O2S/c1-2-8-5-3-4-6-9(8)15-11(17)7-10-12(18)16-13(14)19-10/h3-6,10H,2,7H2,1H3,(H,15,17)(H2,14,16,18)/t10-/m1/s1. The van der Waals surface area contributed by atoms with Crippen LogP contribution in [0.25, 0.3) is 0 Å². The van der Waals surface area contributed by atoms with Crippen LogP contribution in [-0.4, -0.2) is 22.2 Å². The summed E-state index contributed by atoms with van der Waals surface area (Å²) >= 11 is 1.14. The van der Waals surface area contributed by atoms with Crippen LogP contribution >= 0.6 is 11.8 Å². The lowest BCUT2D eigenvalue weighted by atomic mass is 10.1. The molecule has 1 aliphatic rings. The van der Waals surface area contributed by atoms with Gasteiger partial charge in [-0.05, 0) is 18.1 Å². The molecule has 1 aliphatic heterocycles. The third kappa shape index (κ3) is 3.35. The van der Waals surface area contributed by atoms with E-state index in [-0.39, 0.29) is 23.4 Å². The van der Waals surface area contributed by atoms with Gasteiger partial charge in [0.1, 0.15) is 5.25 Å². The van der Waals surface area contributed by atoms with Gasteiger partial charge in [0.25, 0.3) is 5.91 Å². The van der Waals surface area contributed by atoms with E-state index in [0.717, 1.165) is 29.4 Å². The molecule has 19 heavy (non-hydrogen) atoms. The lowest BCUT2D eigenvalue weighted by molar-refractivity contribution is -0.121. The molecule has 2 amide bonds. The number of hydrogen-bond donors (Lipinski definition) is 2. The van der Waals surface area contributed by atoms with Gasteiger partial charge in [-0.2, -0.15) is 4.99 Å². The van der Waals surface area contributed by atoms with E-state index in [2.05, 4.69) is 10.3 Å². The van der Waals surface area contributed by atoms with Gasteiger partial charge in [-0.15, -0.1) is 0 Å². The number of benzene rings is 1. The zero-order valence-electron chi connectivity index (χ0n) is 10.6. The van der Waals surface area contributed by atoms with Crippen LogP contribution in [0.3, 0.4) is 0 Å². The molecule has 0 radical (unpaired) electrons. The van der Waals surface area contributed by atoms with Gasteiger partial charge in [-0.25, -0.2) is 0 Å². The van der Waals surface area contributed by atoms with Gasteiger partial charge in [0.15, 0.2) is 5.17 Å². The van der Waals surface area contributed by atoms with Crippen LogP contribution in [0.4, 0.5) is 5.69 Å². The molecule has 0 spiro atoms. The average Bonchev–Trinajstić information content (AvgIpc) is 2.68. The maximum absolute atomic E-state index is 11.9. The predicted molar refractivity (Wildman–Crippen MR) is 77.1 cm³/mol. The van der Waals surface area contributed by atoms with Gasteiger partial charge in [0, 0.05) is 12.1 Å². The highest BCUT2D eigenvalue weighted by Gasteiger charge is 2.29. The van der Waals surface area contributed by atoms with Crippen molar-refractivity contribution in [2.24, 2.45) is 10.7 Å². The lowest BCUT2D eigenvalue weighted by Crippen LogP contribution is -2.22. The number of aryl methyl sites for hydroxylation is 1. The maximum atomic E-state index is 11.9. The Morgan fingerprint density at radius 1 is 1.47 bits per heavy atom. The zero-order valence-corrected chi connectivity index (χ0v) is 11.4. The van der Waals surface area contributed by atoms with Gasteiger partial charge < -0.3 is 11.1 Å². The number of amides is 2. The van der Waals surface area contributed by atoms with Crippen LogP contribution in [0, 0.1) is 0 Å². The minimum Gasteiger partial charge on any atom is -0.378 e. The summed E-state index contributed by atoms with van der Waals surface area (Å²) < 4.78 is 0. The quantitative estimate of drug-likeness (QED) is 0.874. The van der Waals surface area contributed by atoms with E-state index in [4.69, 9.17) is 5.73 Å². The zero-order chi connectivity index (χ0) is 13.8. The highest BCUT2D eigenvalue weighted by atomic mass is 32.2. The van der Waals surface area contributed by atoms with E-state index < -0.39 is 5.25 Å². The fourth-order valence-corrected chi connectivity index (χ4v) is 2.67. The number of thioether (sulfide) groups is 1. The number of aliphatic imine (C=N–C) groups is 1. The third-order valence-corrected chi connectivity index (χ3v) is 3.79. The summed E-state index contributed by atoms with van der Waals surface area (Å²) in [6, 6.07) is 7.61. The van der Waals surface area contributed by atoms with Crippen LogP contribution in [0.5, 0.6) is 0 Å². The molecular formula is C13H15N3O2S. The summed E-state index contributed by atoms with van der Waals surface area (Å²) in [6.45, 7) is 2.02. The molecule has 0 unspecified atom stereocenters. The van der Waals surface area contributed by atoms with Crippen LogP contribution in [0.1, 0.15) is 18.9 Å². The minimum atomic E-state index is -0.492. The fourth-order valence-electron chi connectivity index (χ4n) is 1.85. The van der Waals surface area contributed by atoms with Crippen LogP contribution < -0.4 is 11.1 Å². The van der Waals surface area contributed by atoms with Crippen LogP contribution in [0.2, 0.25) is 0 Å². The number of nitrogens with one attached hydrogen (secondary N) is 1. The second-order valence-corrected chi connectivity index (χ2v) is 5.38. The van der Waals surface area contributed by atoms with Crippen molar-refractivity contribution in [3.05, 3.63) is 29.8 Å².